The van der Waals surface area contributed by atoms with E-state index in [-0.39, 0.29) is 18.6 Å². The molecule has 2 saturated heterocycles. The van der Waals surface area contributed by atoms with E-state index in [9.17, 15) is 14.4 Å². The van der Waals surface area contributed by atoms with Crippen LogP contribution in [0.3, 0.4) is 0 Å². The van der Waals surface area contributed by atoms with Gasteiger partial charge in [-0.3, -0.25) is 14.4 Å². The summed E-state index contributed by atoms with van der Waals surface area (Å²) < 4.78 is 7.28. The number of benzene rings is 1. The number of amides is 2. The molecular weight excluding hydrogens is 370 g/mol. The molecule has 0 aliphatic carbocycles. The molecule has 0 unspecified atom stereocenters. The summed E-state index contributed by atoms with van der Waals surface area (Å²) in [6.45, 7) is 2.61. The van der Waals surface area contributed by atoms with Gasteiger partial charge in [0.25, 0.3) is 11.7 Å². The van der Waals surface area contributed by atoms with Gasteiger partial charge in [0.2, 0.25) is 5.91 Å². The van der Waals surface area contributed by atoms with E-state index in [1.807, 2.05) is 24.3 Å². The number of nitrogens with zero attached hydrogens (tertiary/aromatic N) is 2. The number of Topliss-reactive ketones (excluding diaryl/α,β-unsaturated/α-hetero) is 1. The number of ether oxygens (including phenoxy) is 1. The van der Waals surface area contributed by atoms with Crippen LogP contribution in [0, 0.1) is 0 Å². The molecule has 2 aliphatic rings. The Bertz CT molecular complexity index is 908. The summed E-state index contributed by atoms with van der Waals surface area (Å²) in [5, 5.41) is 3.61. The molecule has 2 fully saturated rings. The molecule has 29 heavy (non-hydrogen) atoms. The number of piperidine rings is 1. The van der Waals surface area contributed by atoms with Crippen LogP contribution in [0.1, 0.15) is 42.5 Å². The van der Waals surface area contributed by atoms with E-state index in [0.717, 1.165) is 44.2 Å². The Labute approximate surface area is 170 Å². The summed E-state index contributed by atoms with van der Waals surface area (Å²) in [5.41, 5.74) is 1.14. The van der Waals surface area contributed by atoms with Crippen LogP contribution in [0.5, 0.6) is 0 Å². The summed E-state index contributed by atoms with van der Waals surface area (Å²) in [7, 11) is 0. The Morgan fingerprint density at radius 2 is 1.86 bits per heavy atom. The molecule has 1 aromatic heterocycles. The smallest absolute Gasteiger partial charge is 0.295 e. The number of carbonyl (C=O) groups is 3. The Morgan fingerprint density at radius 1 is 1.07 bits per heavy atom. The molecule has 7 heteroatoms. The van der Waals surface area contributed by atoms with Gasteiger partial charge < -0.3 is 19.5 Å². The lowest BCUT2D eigenvalue weighted by Crippen LogP contribution is -2.40. The highest BCUT2D eigenvalue weighted by molar-refractivity contribution is 6.44. The van der Waals surface area contributed by atoms with Gasteiger partial charge >= 0.3 is 0 Å². The molecule has 7 nitrogen and oxygen atoms in total. The van der Waals surface area contributed by atoms with E-state index in [0.29, 0.717) is 30.6 Å². The van der Waals surface area contributed by atoms with Crippen molar-refractivity contribution in [3.8, 4) is 0 Å². The minimum absolute atomic E-state index is 0.0830. The molecule has 1 atom stereocenters. The molecule has 1 aromatic carbocycles. The van der Waals surface area contributed by atoms with E-state index in [2.05, 4.69) is 5.32 Å². The van der Waals surface area contributed by atoms with Crippen LogP contribution >= 0.6 is 0 Å². The minimum atomic E-state index is -0.499. The topological polar surface area (TPSA) is 80.6 Å². The molecule has 2 aromatic rings. The molecule has 4 rings (SSSR count). The SMILES string of the molecule is O=C(Cn1cc(C(=O)C(=O)N2CCCCC2)c2ccccc21)NC[C@H]1CCCO1. The first kappa shape index (κ1) is 19.6. The highest BCUT2D eigenvalue weighted by Crippen LogP contribution is 2.23. The van der Waals surface area contributed by atoms with Crippen molar-refractivity contribution in [2.45, 2.75) is 44.8 Å². The van der Waals surface area contributed by atoms with Gasteiger partial charge in [-0.1, -0.05) is 18.2 Å². The lowest BCUT2D eigenvalue weighted by atomic mass is 10.1. The maximum absolute atomic E-state index is 12.9. The van der Waals surface area contributed by atoms with E-state index in [1.54, 1.807) is 15.7 Å². The molecular formula is C22H27N3O4. The molecule has 3 heterocycles. The van der Waals surface area contributed by atoms with Crippen molar-refractivity contribution in [1.29, 1.82) is 0 Å². The minimum Gasteiger partial charge on any atom is -0.376 e. The van der Waals surface area contributed by atoms with Crippen LogP contribution in [0.2, 0.25) is 0 Å². The fourth-order valence-corrected chi connectivity index (χ4v) is 4.16. The number of rotatable bonds is 6. The molecule has 0 saturated carbocycles. The zero-order valence-corrected chi connectivity index (χ0v) is 16.6. The number of nitrogens with one attached hydrogen (secondary N) is 1. The van der Waals surface area contributed by atoms with Crippen molar-refractivity contribution in [2.75, 3.05) is 26.2 Å². The van der Waals surface area contributed by atoms with E-state index < -0.39 is 11.7 Å². The van der Waals surface area contributed by atoms with Gasteiger partial charge in [-0.25, -0.2) is 0 Å². The Balaban J connectivity index is 1.50. The normalized spacial score (nSPS) is 19.4. The van der Waals surface area contributed by atoms with Crippen LogP contribution in [0.25, 0.3) is 10.9 Å². The van der Waals surface area contributed by atoms with E-state index in [1.165, 1.54) is 0 Å². The van der Waals surface area contributed by atoms with Gasteiger partial charge in [-0.05, 0) is 38.2 Å². The van der Waals surface area contributed by atoms with Gasteiger partial charge in [-0.2, -0.15) is 0 Å². The number of likely N-dealkylation sites (tertiary alicyclic amines) is 1. The number of aromatic nitrogens is 1. The molecule has 2 aliphatic heterocycles. The van der Waals surface area contributed by atoms with Crippen molar-refractivity contribution in [2.24, 2.45) is 0 Å². The van der Waals surface area contributed by atoms with Crippen molar-refractivity contribution < 1.29 is 19.1 Å². The quantitative estimate of drug-likeness (QED) is 0.598. The predicted molar refractivity (Wildman–Crippen MR) is 109 cm³/mol. The highest BCUT2D eigenvalue weighted by atomic mass is 16.5. The average molecular weight is 397 g/mol. The van der Waals surface area contributed by atoms with Crippen LogP contribution in [0.15, 0.2) is 30.5 Å². The maximum Gasteiger partial charge on any atom is 0.295 e. The standard InChI is InChI=1S/C22H27N3O4/c26-20(23-13-16-7-6-12-29-16)15-25-14-18(17-8-2-3-9-19(17)25)21(27)22(28)24-10-4-1-5-11-24/h2-3,8-9,14,16H,1,4-7,10-13,15H2,(H,23,26)/t16-/m1/s1. The third kappa shape index (κ3) is 4.34. The van der Waals surface area contributed by atoms with E-state index in [4.69, 9.17) is 4.74 Å². The van der Waals surface area contributed by atoms with Crippen LogP contribution < -0.4 is 5.32 Å². The number of fused-ring (bicyclic) bond motifs is 1. The van der Waals surface area contributed by atoms with Crippen LogP contribution in [-0.2, 0) is 20.9 Å². The fraction of sp³-hybridized carbons (Fsp3) is 0.500. The summed E-state index contributed by atoms with van der Waals surface area (Å²) >= 11 is 0. The van der Waals surface area contributed by atoms with E-state index >= 15 is 0 Å². The summed E-state index contributed by atoms with van der Waals surface area (Å²) in [6, 6.07) is 7.40. The summed E-state index contributed by atoms with van der Waals surface area (Å²) in [5.74, 6) is -1.08. The Hall–Kier alpha value is -2.67. The third-order valence-electron chi connectivity index (χ3n) is 5.74. The maximum atomic E-state index is 12.9. The fourth-order valence-electron chi connectivity index (χ4n) is 4.16. The van der Waals surface area contributed by atoms with Crippen molar-refractivity contribution in [3.05, 3.63) is 36.0 Å². The van der Waals surface area contributed by atoms with Gasteiger partial charge in [0.05, 0.1) is 11.7 Å². The highest BCUT2D eigenvalue weighted by Gasteiger charge is 2.27. The second-order valence-electron chi connectivity index (χ2n) is 7.81. The number of para-hydroxylation sites is 1. The monoisotopic (exact) mass is 397 g/mol. The number of carbonyl (C=O) groups excluding carboxylic acids is 3. The zero-order chi connectivity index (χ0) is 20.2. The third-order valence-corrected chi connectivity index (χ3v) is 5.74. The van der Waals surface area contributed by atoms with Crippen LogP contribution in [0.4, 0.5) is 0 Å². The van der Waals surface area contributed by atoms with Crippen LogP contribution in [-0.4, -0.2) is 59.4 Å². The molecule has 0 spiro atoms. The lowest BCUT2D eigenvalue weighted by Gasteiger charge is -2.25. The van der Waals surface area contributed by atoms with Gasteiger partial charge in [0.15, 0.2) is 0 Å². The molecule has 154 valence electrons. The molecule has 0 radical (unpaired) electrons. The number of hydrogen-bond acceptors (Lipinski definition) is 4. The number of hydrogen-bond donors (Lipinski definition) is 1. The zero-order valence-electron chi connectivity index (χ0n) is 16.6. The average Bonchev–Trinajstić information content (AvgIpc) is 3.40. The Morgan fingerprint density at radius 3 is 2.62 bits per heavy atom. The van der Waals surface area contributed by atoms with Gasteiger partial charge in [0.1, 0.15) is 6.54 Å². The molecule has 0 bridgehead atoms. The first-order valence-electron chi connectivity index (χ1n) is 10.4. The first-order valence-corrected chi connectivity index (χ1v) is 10.4. The lowest BCUT2D eigenvalue weighted by molar-refractivity contribution is -0.127. The summed E-state index contributed by atoms with van der Waals surface area (Å²) in [4.78, 5) is 39.7. The Kier molecular flexibility index (Phi) is 5.94. The predicted octanol–water partition coefficient (Wildman–Crippen LogP) is 2.13. The number of ketones is 1. The van der Waals surface area contributed by atoms with Crippen molar-refractivity contribution in [3.63, 3.8) is 0 Å². The van der Waals surface area contributed by atoms with Crippen molar-refractivity contribution in [1.82, 2.24) is 14.8 Å². The summed E-state index contributed by atoms with van der Waals surface area (Å²) in [6.07, 6.45) is 6.68. The second kappa shape index (κ2) is 8.78. The first-order chi connectivity index (χ1) is 14.1. The largest absolute Gasteiger partial charge is 0.376 e. The second-order valence-corrected chi connectivity index (χ2v) is 7.81. The van der Waals surface area contributed by atoms with Gasteiger partial charge in [0, 0.05) is 43.3 Å². The van der Waals surface area contributed by atoms with Gasteiger partial charge in [-0.15, -0.1) is 0 Å². The molecule has 2 amide bonds. The van der Waals surface area contributed by atoms with Crippen molar-refractivity contribution >= 4 is 28.5 Å². The molecule has 1 N–H and O–H groups in total.